The average Bonchev–Trinajstić information content (AvgIpc) is 2.95. The maximum Gasteiger partial charge on any atom is 0.410 e. The maximum atomic E-state index is 12.6. The van der Waals surface area contributed by atoms with Crippen molar-refractivity contribution in [1.29, 1.82) is 0 Å². The van der Waals surface area contributed by atoms with Gasteiger partial charge in [-0.25, -0.2) is 9.78 Å². The van der Waals surface area contributed by atoms with E-state index in [1.54, 1.807) is 4.90 Å². The Morgan fingerprint density at radius 2 is 2.07 bits per heavy atom. The van der Waals surface area contributed by atoms with Gasteiger partial charge in [-0.15, -0.1) is 0 Å². The van der Waals surface area contributed by atoms with Crippen LogP contribution in [0.5, 0.6) is 0 Å². The number of H-pyrrole nitrogens is 1. The van der Waals surface area contributed by atoms with E-state index in [1.807, 2.05) is 41.5 Å². The Bertz CT molecular complexity index is 699. The summed E-state index contributed by atoms with van der Waals surface area (Å²) in [7, 11) is 0. The van der Waals surface area contributed by atoms with Gasteiger partial charge in [0.25, 0.3) is 5.91 Å². The summed E-state index contributed by atoms with van der Waals surface area (Å²) in [6.45, 7) is 12.1. The molecule has 1 fully saturated rings. The lowest BCUT2D eigenvalue weighted by Gasteiger charge is -2.39. The molecular weight excluding hydrogens is 384 g/mol. The van der Waals surface area contributed by atoms with Crippen LogP contribution >= 0.6 is 11.6 Å². The first-order valence-electron chi connectivity index (χ1n) is 9.68. The second-order valence-electron chi connectivity index (χ2n) is 8.23. The molecule has 0 unspecified atom stereocenters. The fourth-order valence-electron chi connectivity index (χ4n) is 3.03. The fraction of sp³-hybridized carbons (Fsp3) is 0.737. The SMILES string of the molecule is CCc1[nH]c(C(=O)N[C@@H]2CCN(C(=O)OC(C)(C)C)C[C@@H]2OC(C)C)nc1Cl. The van der Waals surface area contributed by atoms with Crippen LogP contribution < -0.4 is 5.32 Å². The number of aromatic amines is 1. The zero-order chi connectivity index (χ0) is 21.1. The van der Waals surface area contributed by atoms with Crippen LogP contribution in [-0.4, -0.2) is 63.8 Å². The van der Waals surface area contributed by atoms with Crippen molar-refractivity contribution in [2.75, 3.05) is 13.1 Å². The van der Waals surface area contributed by atoms with E-state index in [0.717, 1.165) is 5.69 Å². The minimum atomic E-state index is -0.563. The lowest BCUT2D eigenvalue weighted by atomic mass is 10.0. The number of aromatic nitrogens is 2. The summed E-state index contributed by atoms with van der Waals surface area (Å²) in [5.41, 5.74) is 0.160. The first-order chi connectivity index (χ1) is 13.0. The summed E-state index contributed by atoms with van der Waals surface area (Å²) in [6.07, 6.45) is 0.443. The average molecular weight is 415 g/mol. The van der Waals surface area contributed by atoms with Gasteiger partial charge in [-0.1, -0.05) is 18.5 Å². The number of nitrogens with one attached hydrogen (secondary N) is 2. The molecule has 0 saturated carbocycles. The molecule has 158 valence electrons. The number of carbonyl (C=O) groups is 2. The third-order valence-corrected chi connectivity index (χ3v) is 4.58. The topological polar surface area (TPSA) is 96.6 Å². The molecule has 0 bridgehead atoms. The van der Waals surface area contributed by atoms with Crippen molar-refractivity contribution in [3.05, 3.63) is 16.7 Å². The number of hydrogen-bond donors (Lipinski definition) is 2. The molecule has 28 heavy (non-hydrogen) atoms. The van der Waals surface area contributed by atoms with Crippen molar-refractivity contribution in [3.63, 3.8) is 0 Å². The van der Waals surface area contributed by atoms with Gasteiger partial charge in [0.15, 0.2) is 11.0 Å². The molecule has 8 nitrogen and oxygen atoms in total. The standard InChI is InChI=1S/C19H31ClN4O4/c1-7-12-15(20)23-16(21-12)17(25)22-13-8-9-24(10-14(13)27-11(2)3)18(26)28-19(4,5)6/h11,13-14H,7-10H2,1-6H3,(H,21,23)(H,22,25)/t13-,14+/m1/s1. The number of hydrogen-bond acceptors (Lipinski definition) is 5. The largest absolute Gasteiger partial charge is 0.444 e. The summed E-state index contributed by atoms with van der Waals surface area (Å²) in [5.74, 6) is -0.158. The number of carbonyl (C=O) groups excluding carboxylic acids is 2. The van der Waals surface area contributed by atoms with Gasteiger partial charge in [0.05, 0.1) is 30.5 Å². The van der Waals surface area contributed by atoms with E-state index in [4.69, 9.17) is 21.1 Å². The number of ether oxygens (including phenoxy) is 2. The number of piperidine rings is 1. The van der Waals surface area contributed by atoms with E-state index in [0.29, 0.717) is 31.1 Å². The Morgan fingerprint density at radius 1 is 1.39 bits per heavy atom. The number of amides is 2. The van der Waals surface area contributed by atoms with Crippen molar-refractivity contribution in [2.24, 2.45) is 0 Å². The van der Waals surface area contributed by atoms with Crippen LogP contribution in [0, 0.1) is 0 Å². The van der Waals surface area contributed by atoms with E-state index >= 15 is 0 Å². The van der Waals surface area contributed by atoms with E-state index in [9.17, 15) is 9.59 Å². The summed E-state index contributed by atoms with van der Waals surface area (Å²) in [5, 5.41) is 3.28. The Balaban J connectivity index is 2.06. The number of likely N-dealkylation sites (tertiary alicyclic amines) is 1. The second-order valence-corrected chi connectivity index (χ2v) is 8.58. The van der Waals surface area contributed by atoms with Crippen molar-refractivity contribution in [3.8, 4) is 0 Å². The molecule has 1 aliphatic rings. The van der Waals surface area contributed by atoms with Crippen LogP contribution in [0.1, 0.15) is 64.3 Å². The van der Waals surface area contributed by atoms with Crippen LogP contribution in [0.15, 0.2) is 0 Å². The monoisotopic (exact) mass is 414 g/mol. The third kappa shape index (κ3) is 6.10. The van der Waals surface area contributed by atoms with E-state index in [1.165, 1.54) is 0 Å². The molecule has 2 heterocycles. The number of imidazole rings is 1. The highest BCUT2D eigenvalue weighted by Gasteiger charge is 2.36. The molecule has 1 saturated heterocycles. The normalized spacial score (nSPS) is 20.4. The summed E-state index contributed by atoms with van der Waals surface area (Å²) < 4.78 is 11.4. The fourth-order valence-corrected chi connectivity index (χ4v) is 3.29. The predicted molar refractivity (Wildman–Crippen MR) is 107 cm³/mol. The van der Waals surface area contributed by atoms with Crippen molar-refractivity contribution in [2.45, 2.75) is 78.2 Å². The molecular formula is C19H31ClN4O4. The van der Waals surface area contributed by atoms with Crippen LogP contribution in [0.3, 0.4) is 0 Å². The van der Waals surface area contributed by atoms with Gasteiger partial charge < -0.3 is 24.7 Å². The molecule has 2 amide bonds. The minimum absolute atomic E-state index is 0.0484. The highest BCUT2D eigenvalue weighted by Crippen LogP contribution is 2.20. The summed E-state index contributed by atoms with van der Waals surface area (Å²) in [4.78, 5) is 33.7. The van der Waals surface area contributed by atoms with Crippen LogP contribution in [-0.2, 0) is 15.9 Å². The van der Waals surface area contributed by atoms with Gasteiger partial charge in [-0.05, 0) is 47.5 Å². The molecule has 0 spiro atoms. The number of rotatable bonds is 5. The van der Waals surface area contributed by atoms with Crippen LogP contribution in [0.25, 0.3) is 0 Å². The molecule has 0 aromatic carbocycles. The lowest BCUT2D eigenvalue weighted by molar-refractivity contribution is -0.0553. The summed E-state index contributed by atoms with van der Waals surface area (Å²) in [6, 6.07) is -0.248. The van der Waals surface area contributed by atoms with Gasteiger partial charge in [0, 0.05) is 6.54 Å². The highest BCUT2D eigenvalue weighted by atomic mass is 35.5. The molecule has 2 rings (SSSR count). The Labute approximate surface area is 171 Å². The molecule has 1 aliphatic heterocycles. The molecule has 1 aromatic heterocycles. The predicted octanol–water partition coefficient (Wildman–Crippen LogP) is 3.16. The van der Waals surface area contributed by atoms with E-state index < -0.39 is 5.60 Å². The molecule has 2 N–H and O–H groups in total. The second kappa shape index (κ2) is 9.13. The van der Waals surface area contributed by atoms with Gasteiger partial charge in [-0.3, -0.25) is 4.79 Å². The number of nitrogens with zero attached hydrogens (tertiary/aromatic N) is 2. The van der Waals surface area contributed by atoms with Gasteiger partial charge in [0.1, 0.15) is 5.60 Å². The number of halogens is 1. The highest BCUT2D eigenvalue weighted by molar-refractivity contribution is 6.30. The molecule has 1 aromatic rings. The van der Waals surface area contributed by atoms with Crippen molar-refractivity contribution >= 4 is 23.6 Å². The Hall–Kier alpha value is -1.80. The smallest absolute Gasteiger partial charge is 0.410 e. The zero-order valence-electron chi connectivity index (χ0n) is 17.5. The van der Waals surface area contributed by atoms with Gasteiger partial charge in [0.2, 0.25) is 0 Å². The Morgan fingerprint density at radius 3 is 2.61 bits per heavy atom. The van der Waals surface area contributed by atoms with Crippen molar-refractivity contribution in [1.82, 2.24) is 20.2 Å². The maximum absolute atomic E-state index is 12.6. The van der Waals surface area contributed by atoms with E-state index in [2.05, 4.69) is 15.3 Å². The quantitative estimate of drug-likeness (QED) is 0.771. The Kier molecular flexibility index (Phi) is 7.33. The van der Waals surface area contributed by atoms with Crippen LogP contribution in [0.4, 0.5) is 4.79 Å². The first kappa shape index (κ1) is 22.5. The zero-order valence-corrected chi connectivity index (χ0v) is 18.2. The van der Waals surface area contributed by atoms with Gasteiger partial charge >= 0.3 is 6.09 Å². The third-order valence-electron chi connectivity index (χ3n) is 4.27. The van der Waals surface area contributed by atoms with Gasteiger partial charge in [-0.2, -0.15) is 0 Å². The van der Waals surface area contributed by atoms with Crippen molar-refractivity contribution < 1.29 is 19.1 Å². The van der Waals surface area contributed by atoms with Crippen LogP contribution in [0.2, 0.25) is 5.15 Å². The molecule has 2 atom stereocenters. The summed E-state index contributed by atoms with van der Waals surface area (Å²) >= 11 is 6.03. The minimum Gasteiger partial charge on any atom is -0.444 e. The molecule has 0 aliphatic carbocycles. The molecule has 0 radical (unpaired) electrons. The molecule has 9 heteroatoms. The lowest BCUT2D eigenvalue weighted by Crippen LogP contribution is -2.57. The number of aryl methyl sites for hydroxylation is 1. The first-order valence-corrected chi connectivity index (χ1v) is 10.1. The van der Waals surface area contributed by atoms with E-state index in [-0.39, 0.29) is 36.1 Å².